The van der Waals surface area contributed by atoms with Gasteiger partial charge in [-0.3, -0.25) is 9.69 Å². The fourth-order valence-electron chi connectivity index (χ4n) is 2.51. The molecule has 4 nitrogen and oxygen atoms in total. The number of carbonyl (C=O) groups is 1. The number of hydrogen-bond acceptors (Lipinski definition) is 3. The predicted molar refractivity (Wildman–Crippen MR) is 100 cm³/mol. The molecule has 1 N–H and O–H groups in total. The van der Waals surface area contributed by atoms with Crippen LogP contribution in [0.2, 0.25) is 0 Å². The van der Waals surface area contributed by atoms with Crippen LogP contribution in [0.25, 0.3) is 0 Å². The van der Waals surface area contributed by atoms with E-state index in [1.165, 1.54) is 0 Å². The van der Waals surface area contributed by atoms with Crippen LogP contribution in [-0.4, -0.2) is 31.5 Å². The van der Waals surface area contributed by atoms with Crippen molar-refractivity contribution < 1.29 is 9.53 Å². The lowest BCUT2D eigenvalue weighted by atomic mass is 10.1. The summed E-state index contributed by atoms with van der Waals surface area (Å²) in [5.74, 6) is 0.838. The zero-order valence-electron chi connectivity index (χ0n) is 14.3. The van der Waals surface area contributed by atoms with E-state index in [-0.39, 0.29) is 11.9 Å². The van der Waals surface area contributed by atoms with Crippen LogP contribution in [0.1, 0.15) is 24.1 Å². The molecule has 0 saturated carbocycles. The summed E-state index contributed by atoms with van der Waals surface area (Å²) in [7, 11) is 3.59. The number of nitrogens with zero attached hydrogens (tertiary/aromatic N) is 1. The van der Waals surface area contributed by atoms with Gasteiger partial charge >= 0.3 is 0 Å². The Morgan fingerprint density at radius 2 is 1.96 bits per heavy atom. The van der Waals surface area contributed by atoms with Gasteiger partial charge in [0.15, 0.2) is 0 Å². The normalized spacial score (nSPS) is 12.0. The topological polar surface area (TPSA) is 41.6 Å². The Kier molecular flexibility index (Phi) is 6.82. The summed E-state index contributed by atoms with van der Waals surface area (Å²) in [4.78, 5) is 14.2. The Labute approximate surface area is 151 Å². The van der Waals surface area contributed by atoms with Crippen molar-refractivity contribution in [3.8, 4) is 5.75 Å². The molecule has 0 aliphatic rings. The van der Waals surface area contributed by atoms with Crippen LogP contribution in [0.3, 0.4) is 0 Å². The molecule has 0 aromatic heterocycles. The summed E-state index contributed by atoms with van der Waals surface area (Å²) in [5, 5.41) is 3.03. The van der Waals surface area contributed by atoms with Crippen molar-refractivity contribution >= 4 is 21.8 Å². The van der Waals surface area contributed by atoms with Gasteiger partial charge in [0, 0.05) is 11.0 Å². The van der Waals surface area contributed by atoms with E-state index < -0.39 is 0 Å². The first-order valence-electron chi connectivity index (χ1n) is 7.84. The van der Waals surface area contributed by atoms with Crippen molar-refractivity contribution in [2.45, 2.75) is 19.5 Å². The van der Waals surface area contributed by atoms with E-state index in [2.05, 4.69) is 21.2 Å². The Balaban J connectivity index is 1.85. The quantitative estimate of drug-likeness (QED) is 0.782. The molecule has 0 heterocycles. The zero-order valence-corrected chi connectivity index (χ0v) is 15.8. The lowest BCUT2D eigenvalue weighted by Gasteiger charge is -2.19. The summed E-state index contributed by atoms with van der Waals surface area (Å²) < 4.78 is 6.26. The molecule has 24 heavy (non-hydrogen) atoms. The van der Waals surface area contributed by atoms with Crippen LogP contribution < -0.4 is 10.1 Å². The Morgan fingerprint density at radius 3 is 2.62 bits per heavy atom. The van der Waals surface area contributed by atoms with Crippen LogP contribution in [0.4, 0.5) is 0 Å². The number of likely N-dealkylation sites (N-methyl/N-ethyl adjacent to an activating group) is 1. The molecule has 0 bridgehead atoms. The molecule has 1 amide bonds. The second-order valence-electron chi connectivity index (χ2n) is 5.86. The molecule has 2 aromatic rings. The van der Waals surface area contributed by atoms with Gasteiger partial charge in [-0.2, -0.15) is 0 Å². The summed E-state index contributed by atoms with van der Waals surface area (Å²) in [5.41, 5.74) is 2.20. The molecule has 0 saturated heterocycles. The summed E-state index contributed by atoms with van der Waals surface area (Å²) >= 11 is 3.42. The molecule has 0 fully saturated rings. The van der Waals surface area contributed by atoms with Gasteiger partial charge in [0.2, 0.25) is 5.91 Å². The van der Waals surface area contributed by atoms with Gasteiger partial charge in [-0.05, 0) is 49.4 Å². The number of halogens is 1. The standard InChI is InChI=1S/C19H23BrN2O2/c1-14(16-7-9-17(20)10-8-16)21-19(23)13-22(2)12-15-5-4-6-18(11-15)24-3/h4-11,14H,12-13H2,1-3H3,(H,21,23)/t14-/m0/s1. The van der Waals surface area contributed by atoms with E-state index >= 15 is 0 Å². The number of carbonyl (C=O) groups excluding carboxylic acids is 1. The van der Waals surface area contributed by atoms with E-state index in [0.717, 1.165) is 21.3 Å². The monoisotopic (exact) mass is 390 g/mol. The maximum absolute atomic E-state index is 12.2. The highest BCUT2D eigenvalue weighted by Gasteiger charge is 2.12. The third-order valence-corrected chi connectivity index (χ3v) is 4.28. The molecule has 0 aliphatic heterocycles. The third kappa shape index (κ3) is 5.65. The van der Waals surface area contributed by atoms with Gasteiger partial charge in [-0.15, -0.1) is 0 Å². The van der Waals surface area contributed by atoms with Crippen LogP contribution in [0.5, 0.6) is 5.75 Å². The third-order valence-electron chi connectivity index (χ3n) is 3.75. The second kappa shape index (κ2) is 8.85. The number of ether oxygens (including phenoxy) is 1. The minimum Gasteiger partial charge on any atom is -0.497 e. The van der Waals surface area contributed by atoms with Crippen LogP contribution in [0.15, 0.2) is 53.0 Å². The fraction of sp³-hybridized carbons (Fsp3) is 0.316. The van der Waals surface area contributed by atoms with E-state index in [9.17, 15) is 4.79 Å². The van der Waals surface area contributed by atoms with E-state index in [1.807, 2.05) is 67.4 Å². The van der Waals surface area contributed by atoms with Crippen LogP contribution in [-0.2, 0) is 11.3 Å². The van der Waals surface area contributed by atoms with Gasteiger partial charge < -0.3 is 10.1 Å². The number of rotatable bonds is 7. The molecule has 1 atom stereocenters. The van der Waals surface area contributed by atoms with E-state index in [4.69, 9.17) is 4.74 Å². The lowest BCUT2D eigenvalue weighted by molar-refractivity contribution is -0.122. The summed E-state index contributed by atoms with van der Waals surface area (Å²) in [6.45, 7) is 3.03. The first-order chi connectivity index (χ1) is 11.5. The van der Waals surface area contributed by atoms with Gasteiger partial charge in [-0.25, -0.2) is 0 Å². The zero-order chi connectivity index (χ0) is 17.5. The summed E-state index contributed by atoms with van der Waals surface area (Å²) in [6.07, 6.45) is 0. The van der Waals surface area contributed by atoms with Crippen molar-refractivity contribution in [2.75, 3.05) is 20.7 Å². The van der Waals surface area contributed by atoms with Crippen LogP contribution in [0, 0.1) is 0 Å². The first-order valence-corrected chi connectivity index (χ1v) is 8.63. The first kappa shape index (κ1) is 18.5. The number of amides is 1. The highest BCUT2D eigenvalue weighted by Crippen LogP contribution is 2.17. The molecule has 0 spiro atoms. The van der Waals surface area contributed by atoms with Crippen molar-refractivity contribution in [3.05, 3.63) is 64.1 Å². The molecular weight excluding hydrogens is 368 g/mol. The molecule has 0 aliphatic carbocycles. The van der Waals surface area contributed by atoms with E-state index in [0.29, 0.717) is 13.1 Å². The average Bonchev–Trinajstić information content (AvgIpc) is 2.55. The average molecular weight is 391 g/mol. The number of methoxy groups -OCH3 is 1. The molecular formula is C19H23BrN2O2. The van der Waals surface area contributed by atoms with Gasteiger partial charge in [0.1, 0.15) is 5.75 Å². The molecule has 5 heteroatoms. The minimum atomic E-state index is -0.0178. The molecule has 2 aromatic carbocycles. The summed E-state index contributed by atoms with van der Waals surface area (Å²) in [6, 6.07) is 15.8. The van der Waals surface area contributed by atoms with Crippen molar-refractivity contribution in [3.63, 3.8) is 0 Å². The van der Waals surface area contributed by atoms with Crippen molar-refractivity contribution in [2.24, 2.45) is 0 Å². The van der Waals surface area contributed by atoms with Crippen molar-refractivity contribution in [1.82, 2.24) is 10.2 Å². The maximum Gasteiger partial charge on any atom is 0.234 e. The molecule has 0 unspecified atom stereocenters. The Hall–Kier alpha value is -1.85. The number of nitrogens with one attached hydrogen (secondary N) is 1. The SMILES string of the molecule is COc1cccc(CN(C)CC(=O)N[C@@H](C)c2ccc(Br)cc2)c1. The fourth-order valence-corrected chi connectivity index (χ4v) is 2.77. The second-order valence-corrected chi connectivity index (χ2v) is 6.78. The molecule has 0 radical (unpaired) electrons. The lowest BCUT2D eigenvalue weighted by Crippen LogP contribution is -2.36. The number of benzene rings is 2. The Morgan fingerprint density at radius 1 is 1.25 bits per heavy atom. The predicted octanol–water partition coefficient (Wildman–Crippen LogP) is 3.77. The molecule has 2 rings (SSSR count). The van der Waals surface area contributed by atoms with E-state index in [1.54, 1.807) is 7.11 Å². The minimum absolute atomic E-state index is 0.0100. The van der Waals surface area contributed by atoms with Crippen molar-refractivity contribution in [1.29, 1.82) is 0 Å². The molecule has 128 valence electrons. The largest absolute Gasteiger partial charge is 0.497 e. The number of hydrogen-bond donors (Lipinski definition) is 1. The van der Waals surface area contributed by atoms with Gasteiger partial charge in [0.25, 0.3) is 0 Å². The smallest absolute Gasteiger partial charge is 0.234 e. The maximum atomic E-state index is 12.2. The van der Waals surface area contributed by atoms with Crippen LogP contribution >= 0.6 is 15.9 Å². The highest BCUT2D eigenvalue weighted by molar-refractivity contribution is 9.10. The Bertz CT molecular complexity index is 673. The van der Waals surface area contributed by atoms with Gasteiger partial charge in [0.05, 0.1) is 19.7 Å². The highest BCUT2D eigenvalue weighted by atomic mass is 79.9. The van der Waals surface area contributed by atoms with Gasteiger partial charge in [-0.1, -0.05) is 40.2 Å².